The minimum Gasteiger partial charge on any atom is -0.355 e. The van der Waals surface area contributed by atoms with Crippen molar-refractivity contribution in [3.63, 3.8) is 0 Å². The maximum atomic E-state index is 13.7. The molecule has 29 heavy (non-hydrogen) atoms. The van der Waals surface area contributed by atoms with Crippen molar-refractivity contribution in [1.82, 2.24) is 15.1 Å². The average Bonchev–Trinajstić information content (AvgIpc) is 2.71. The molecule has 2 aromatic carbocycles. The van der Waals surface area contributed by atoms with Gasteiger partial charge in [-0.1, -0.05) is 30.3 Å². The first-order valence-corrected chi connectivity index (χ1v) is 10.0. The molecule has 2 aromatic rings. The quantitative estimate of drug-likeness (QED) is 0.815. The Morgan fingerprint density at radius 1 is 1.00 bits per heavy atom. The van der Waals surface area contributed by atoms with Gasteiger partial charge in [0, 0.05) is 38.3 Å². The van der Waals surface area contributed by atoms with Crippen molar-refractivity contribution in [3.05, 3.63) is 70.5 Å². The maximum absolute atomic E-state index is 13.7. The first kappa shape index (κ1) is 21.0. The smallest absolute Gasteiger partial charge is 0.254 e. The van der Waals surface area contributed by atoms with Gasteiger partial charge in [0.05, 0.1) is 6.54 Å². The first-order valence-electron chi connectivity index (χ1n) is 10.0. The molecule has 1 N–H and O–H groups in total. The molecule has 5 nitrogen and oxygen atoms in total. The SMILES string of the molecule is Cc1ccc(C(=O)N2CCN(CC(=O)NCCc3ccccc3C)CC2)cc1F. The number of amides is 2. The highest BCUT2D eigenvalue weighted by molar-refractivity contribution is 5.94. The molecule has 0 radical (unpaired) electrons. The largest absolute Gasteiger partial charge is 0.355 e. The number of carbonyl (C=O) groups excluding carboxylic acids is 2. The first-order chi connectivity index (χ1) is 13.9. The van der Waals surface area contributed by atoms with E-state index in [1.807, 2.05) is 17.0 Å². The summed E-state index contributed by atoms with van der Waals surface area (Å²) in [6.45, 7) is 7.01. The van der Waals surface area contributed by atoms with Crippen LogP contribution in [0, 0.1) is 19.7 Å². The zero-order valence-corrected chi connectivity index (χ0v) is 17.1. The van der Waals surface area contributed by atoms with Crippen LogP contribution in [-0.2, 0) is 11.2 Å². The Kier molecular flexibility index (Phi) is 6.99. The van der Waals surface area contributed by atoms with Crippen LogP contribution in [0.3, 0.4) is 0 Å². The fourth-order valence-corrected chi connectivity index (χ4v) is 3.50. The molecule has 154 valence electrons. The number of hydrogen-bond donors (Lipinski definition) is 1. The number of hydrogen-bond acceptors (Lipinski definition) is 3. The van der Waals surface area contributed by atoms with Gasteiger partial charge in [0.25, 0.3) is 5.91 Å². The topological polar surface area (TPSA) is 52.7 Å². The van der Waals surface area contributed by atoms with Gasteiger partial charge in [0.15, 0.2) is 0 Å². The van der Waals surface area contributed by atoms with Crippen LogP contribution >= 0.6 is 0 Å². The number of halogens is 1. The van der Waals surface area contributed by atoms with Crippen molar-refractivity contribution >= 4 is 11.8 Å². The Balaban J connectivity index is 1.41. The van der Waals surface area contributed by atoms with Gasteiger partial charge < -0.3 is 10.2 Å². The van der Waals surface area contributed by atoms with Crippen LogP contribution in [0.4, 0.5) is 4.39 Å². The fraction of sp³-hybridized carbons (Fsp3) is 0.391. The Morgan fingerprint density at radius 2 is 1.72 bits per heavy atom. The Morgan fingerprint density at radius 3 is 2.41 bits per heavy atom. The Bertz CT molecular complexity index is 876. The molecule has 0 aromatic heterocycles. The molecule has 1 heterocycles. The van der Waals surface area contributed by atoms with Crippen molar-refractivity contribution in [1.29, 1.82) is 0 Å². The van der Waals surface area contributed by atoms with Gasteiger partial charge in [0.1, 0.15) is 5.82 Å². The van der Waals surface area contributed by atoms with Gasteiger partial charge in [-0.05, 0) is 49.1 Å². The molecule has 6 heteroatoms. The van der Waals surface area contributed by atoms with E-state index >= 15 is 0 Å². The summed E-state index contributed by atoms with van der Waals surface area (Å²) in [4.78, 5) is 28.5. The summed E-state index contributed by atoms with van der Waals surface area (Å²) < 4.78 is 13.7. The molecular weight excluding hydrogens is 369 g/mol. The van der Waals surface area contributed by atoms with Gasteiger partial charge in [-0.2, -0.15) is 0 Å². The summed E-state index contributed by atoms with van der Waals surface area (Å²) in [6.07, 6.45) is 0.813. The Hall–Kier alpha value is -2.73. The second-order valence-corrected chi connectivity index (χ2v) is 7.56. The number of piperazine rings is 1. The average molecular weight is 397 g/mol. The lowest BCUT2D eigenvalue weighted by Crippen LogP contribution is -2.51. The lowest BCUT2D eigenvalue weighted by Gasteiger charge is -2.34. The normalized spacial score (nSPS) is 14.7. The fourth-order valence-electron chi connectivity index (χ4n) is 3.50. The maximum Gasteiger partial charge on any atom is 0.254 e. The summed E-state index contributed by atoms with van der Waals surface area (Å²) in [5.41, 5.74) is 3.37. The van der Waals surface area contributed by atoms with E-state index < -0.39 is 0 Å². The predicted octanol–water partition coefficient (Wildman–Crippen LogP) is 2.56. The molecule has 3 rings (SSSR count). The van der Waals surface area contributed by atoms with E-state index in [0.717, 1.165) is 6.42 Å². The molecule has 1 aliphatic rings. The molecular formula is C23H28FN3O2. The predicted molar refractivity (Wildman–Crippen MR) is 111 cm³/mol. The molecule has 0 unspecified atom stereocenters. The van der Waals surface area contributed by atoms with Crippen LogP contribution in [0.15, 0.2) is 42.5 Å². The summed E-state index contributed by atoms with van der Waals surface area (Å²) >= 11 is 0. The van der Waals surface area contributed by atoms with Gasteiger partial charge in [-0.3, -0.25) is 14.5 Å². The van der Waals surface area contributed by atoms with Gasteiger partial charge in [-0.25, -0.2) is 4.39 Å². The van der Waals surface area contributed by atoms with E-state index in [0.29, 0.717) is 50.4 Å². The van der Waals surface area contributed by atoms with Gasteiger partial charge in [-0.15, -0.1) is 0 Å². The molecule has 1 saturated heterocycles. The zero-order valence-electron chi connectivity index (χ0n) is 17.1. The molecule has 0 saturated carbocycles. The van der Waals surface area contributed by atoms with Crippen LogP contribution in [0.5, 0.6) is 0 Å². The summed E-state index contributed by atoms with van der Waals surface area (Å²) in [6, 6.07) is 12.8. The Labute approximate surface area is 171 Å². The minimum absolute atomic E-state index is 0.000957. The number of nitrogens with one attached hydrogen (secondary N) is 1. The van der Waals surface area contributed by atoms with Crippen LogP contribution in [0.2, 0.25) is 0 Å². The van der Waals surface area contributed by atoms with E-state index in [2.05, 4.69) is 24.4 Å². The van der Waals surface area contributed by atoms with Crippen molar-refractivity contribution in [3.8, 4) is 0 Å². The molecule has 0 aliphatic carbocycles. The highest BCUT2D eigenvalue weighted by Crippen LogP contribution is 2.13. The third kappa shape index (κ3) is 5.64. The highest BCUT2D eigenvalue weighted by atomic mass is 19.1. The molecule has 1 fully saturated rings. The van der Waals surface area contributed by atoms with Crippen LogP contribution in [0.1, 0.15) is 27.0 Å². The van der Waals surface area contributed by atoms with Gasteiger partial charge >= 0.3 is 0 Å². The molecule has 0 atom stereocenters. The standard InChI is InChI=1S/C23H28FN3O2/c1-17-5-3-4-6-19(17)9-10-25-22(28)16-26-11-13-27(14-12-26)23(29)20-8-7-18(2)21(24)15-20/h3-8,15H,9-14,16H2,1-2H3,(H,25,28). The van der Waals surface area contributed by atoms with Crippen LogP contribution in [0.25, 0.3) is 0 Å². The minimum atomic E-state index is -0.364. The highest BCUT2D eigenvalue weighted by Gasteiger charge is 2.23. The second kappa shape index (κ2) is 9.65. The summed E-state index contributed by atoms with van der Waals surface area (Å²) in [7, 11) is 0. The van der Waals surface area contributed by atoms with E-state index in [4.69, 9.17) is 0 Å². The molecule has 0 spiro atoms. The van der Waals surface area contributed by atoms with Crippen molar-refractivity contribution < 1.29 is 14.0 Å². The number of nitrogens with zero attached hydrogens (tertiary/aromatic N) is 2. The monoisotopic (exact) mass is 397 g/mol. The van der Waals surface area contributed by atoms with E-state index in [-0.39, 0.29) is 17.6 Å². The summed E-state index contributed by atoms with van der Waals surface area (Å²) in [5, 5.41) is 2.97. The van der Waals surface area contributed by atoms with Crippen molar-refractivity contribution in [2.75, 3.05) is 39.3 Å². The number of aryl methyl sites for hydroxylation is 2. The third-order valence-corrected chi connectivity index (χ3v) is 5.42. The molecule has 2 amide bonds. The van der Waals surface area contributed by atoms with E-state index in [1.54, 1.807) is 24.0 Å². The molecule has 1 aliphatic heterocycles. The van der Waals surface area contributed by atoms with Crippen molar-refractivity contribution in [2.24, 2.45) is 0 Å². The third-order valence-electron chi connectivity index (χ3n) is 5.42. The zero-order chi connectivity index (χ0) is 20.8. The number of carbonyl (C=O) groups is 2. The second-order valence-electron chi connectivity index (χ2n) is 7.56. The number of rotatable bonds is 6. The molecule has 0 bridgehead atoms. The van der Waals surface area contributed by atoms with E-state index in [1.165, 1.54) is 17.2 Å². The number of benzene rings is 2. The van der Waals surface area contributed by atoms with Crippen LogP contribution < -0.4 is 5.32 Å². The lowest BCUT2D eigenvalue weighted by molar-refractivity contribution is -0.122. The van der Waals surface area contributed by atoms with Crippen molar-refractivity contribution in [2.45, 2.75) is 20.3 Å². The summed E-state index contributed by atoms with van der Waals surface area (Å²) in [5.74, 6) is -0.526. The van der Waals surface area contributed by atoms with Gasteiger partial charge in [0.2, 0.25) is 5.91 Å². The lowest BCUT2D eigenvalue weighted by atomic mass is 10.1. The van der Waals surface area contributed by atoms with Crippen LogP contribution in [-0.4, -0.2) is 60.9 Å². The van der Waals surface area contributed by atoms with E-state index in [9.17, 15) is 14.0 Å².